The second-order valence-corrected chi connectivity index (χ2v) is 8.92. The zero-order valence-electron chi connectivity index (χ0n) is 17.5. The molecule has 9 nitrogen and oxygen atoms in total. The van der Waals surface area contributed by atoms with Gasteiger partial charge in [-0.15, -0.1) is 0 Å². The van der Waals surface area contributed by atoms with Gasteiger partial charge in [0, 0.05) is 12.6 Å². The second kappa shape index (κ2) is 9.31. The number of alkyl halides is 3. The Morgan fingerprint density at radius 3 is 2.30 bits per heavy atom. The molecule has 0 atom stereocenters. The number of rotatable bonds is 7. The van der Waals surface area contributed by atoms with Gasteiger partial charge in [0.2, 0.25) is 0 Å². The summed E-state index contributed by atoms with van der Waals surface area (Å²) in [5, 5.41) is 15.2. The Hall–Kier alpha value is -3.26. The van der Waals surface area contributed by atoms with Crippen LogP contribution in [0.25, 0.3) is 16.9 Å². The molecule has 0 radical (unpaired) electrons. The van der Waals surface area contributed by atoms with Crippen LogP contribution in [0.3, 0.4) is 0 Å². The molecule has 0 saturated carbocycles. The predicted molar refractivity (Wildman–Crippen MR) is 112 cm³/mol. The summed E-state index contributed by atoms with van der Waals surface area (Å²) in [4.78, 5) is 11.5. The summed E-state index contributed by atoms with van der Waals surface area (Å²) in [5.41, 5.74) is 1.05. The molecule has 0 aliphatic heterocycles. The third-order valence-electron chi connectivity index (χ3n) is 4.56. The molecule has 3 N–H and O–H groups in total. The van der Waals surface area contributed by atoms with Crippen molar-refractivity contribution in [1.82, 2.24) is 19.5 Å². The molecule has 13 heteroatoms. The monoisotopic (exact) mass is 483 g/mol. The van der Waals surface area contributed by atoms with E-state index in [0.717, 1.165) is 33.5 Å². The first-order valence-electron chi connectivity index (χ1n) is 9.46. The molecule has 33 heavy (non-hydrogen) atoms. The topological polar surface area (TPSA) is 124 Å². The fraction of sp³-hybridized carbons (Fsp3) is 0.200. The van der Waals surface area contributed by atoms with Crippen molar-refractivity contribution in [3.05, 3.63) is 71.1 Å². The molecule has 2 aromatic carbocycles. The van der Waals surface area contributed by atoms with Crippen molar-refractivity contribution in [1.29, 1.82) is 0 Å². The van der Waals surface area contributed by atoms with Gasteiger partial charge in [-0.05, 0) is 37.3 Å². The molecule has 0 unspecified atom stereocenters. The predicted octanol–water partition coefficient (Wildman–Crippen LogP) is 1.58. The summed E-state index contributed by atoms with van der Waals surface area (Å²) in [6.45, 7) is 1.38. The first kappa shape index (κ1) is 24.4. The third kappa shape index (κ3) is 5.76. The summed E-state index contributed by atoms with van der Waals surface area (Å²) in [5.74, 6) is -0.919. The number of carbonyl (C=O) groups excluding carboxylic acids is 1. The van der Waals surface area contributed by atoms with Crippen LogP contribution in [0.4, 0.5) is 13.2 Å². The molecule has 0 aliphatic rings. The van der Waals surface area contributed by atoms with E-state index in [9.17, 15) is 31.6 Å². The van der Waals surface area contributed by atoms with Crippen molar-refractivity contribution in [2.45, 2.75) is 18.0 Å². The molecule has 176 valence electrons. The number of nitrogens with one attached hydrogen (secondary N) is 1. The summed E-state index contributed by atoms with van der Waals surface area (Å²) < 4.78 is 67.7. The fourth-order valence-corrected chi connectivity index (χ4v) is 3.89. The van der Waals surface area contributed by atoms with E-state index in [2.05, 4.69) is 5.10 Å². The summed E-state index contributed by atoms with van der Waals surface area (Å²) in [6.07, 6.45) is -4.67. The van der Waals surface area contributed by atoms with Crippen molar-refractivity contribution >= 4 is 15.9 Å². The van der Waals surface area contributed by atoms with E-state index >= 15 is 0 Å². The smallest absolute Gasteiger partial charge is 0.435 e. The number of quaternary nitrogens is 1. The number of sulfonamides is 1. The Labute approximate surface area is 187 Å². The molecule has 0 bridgehead atoms. The van der Waals surface area contributed by atoms with Gasteiger partial charge in [-0.3, -0.25) is 4.79 Å². The van der Waals surface area contributed by atoms with Gasteiger partial charge in [-0.25, -0.2) is 17.8 Å². The van der Waals surface area contributed by atoms with Crippen molar-refractivity contribution in [2.24, 2.45) is 0 Å². The van der Waals surface area contributed by atoms with Gasteiger partial charge in [0.15, 0.2) is 5.69 Å². The van der Waals surface area contributed by atoms with Gasteiger partial charge in [0.05, 0.1) is 16.3 Å². The highest BCUT2D eigenvalue weighted by molar-refractivity contribution is 7.90. The first-order valence-corrected chi connectivity index (χ1v) is 10.9. The highest BCUT2D eigenvalue weighted by Gasteiger charge is 2.35. The standard InChI is InChI=1S/C20H20F3N5O4S/c1-13-3-5-14(6-4-13)17-11-18(20(21,22)23)24-28(17)15-7-9-16(10-8-15)33(31,32)25-19(29)12-27(2)26-30/h3-11H,12,26H2,1-2H3,(H,25,29). The van der Waals surface area contributed by atoms with Crippen LogP contribution in [-0.2, 0) is 21.0 Å². The Kier molecular flexibility index (Phi) is 6.88. The van der Waals surface area contributed by atoms with E-state index < -0.39 is 34.3 Å². The number of hydrogen-bond acceptors (Lipinski definition) is 6. The molecule has 0 spiro atoms. The van der Waals surface area contributed by atoms with Gasteiger partial charge in [0.1, 0.15) is 6.54 Å². The van der Waals surface area contributed by atoms with Crippen molar-refractivity contribution in [2.75, 3.05) is 13.6 Å². The number of aryl methyl sites for hydroxylation is 1. The summed E-state index contributed by atoms with van der Waals surface area (Å²) in [7, 11) is -2.94. The van der Waals surface area contributed by atoms with Crippen molar-refractivity contribution in [3.63, 3.8) is 0 Å². The molecule has 0 saturated heterocycles. The highest BCUT2D eigenvalue weighted by Crippen LogP contribution is 2.33. The maximum absolute atomic E-state index is 13.3. The molecule has 3 aromatic rings. The van der Waals surface area contributed by atoms with Crippen LogP contribution in [0.5, 0.6) is 0 Å². The van der Waals surface area contributed by atoms with Crippen LogP contribution in [0, 0.1) is 12.1 Å². The third-order valence-corrected chi connectivity index (χ3v) is 5.95. The Balaban J connectivity index is 1.95. The number of nitrogens with zero attached hydrogens (tertiary/aromatic N) is 3. The van der Waals surface area contributed by atoms with Crippen LogP contribution in [0.1, 0.15) is 11.3 Å². The van der Waals surface area contributed by atoms with Gasteiger partial charge in [0.25, 0.3) is 15.9 Å². The highest BCUT2D eigenvalue weighted by atomic mass is 32.2. The molecule has 0 aliphatic carbocycles. The lowest BCUT2D eigenvalue weighted by atomic mass is 10.1. The number of carbonyl (C=O) groups is 1. The van der Waals surface area contributed by atoms with Gasteiger partial charge in [-0.2, -0.15) is 23.3 Å². The molecular weight excluding hydrogens is 463 g/mol. The van der Waals surface area contributed by atoms with Crippen LogP contribution in [0.2, 0.25) is 0 Å². The van der Waals surface area contributed by atoms with E-state index in [0.29, 0.717) is 11.2 Å². The number of likely N-dealkylation sites (N-methyl/N-ethyl adjacent to an activating group) is 1. The summed E-state index contributed by atoms with van der Waals surface area (Å²) >= 11 is 0. The van der Waals surface area contributed by atoms with Crippen LogP contribution in [-0.4, -0.2) is 42.7 Å². The lowest BCUT2D eigenvalue weighted by molar-refractivity contribution is -0.744. The minimum Gasteiger partial charge on any atom is -0.614 e. The number of aromatic nitrogens is 2. The lowest BCUT2D eigenvalue weighted by Crippen LogP contribution is -2.88. The Bertz CT molecular complexity index is 1240. The molecule has 1 aromatic heterocycles. The Morgan fingerprint density at radius 2 is 1.76 bits per heavy atom. The SMILES string of the molecule is Cc1ccc(-c2cc(C(F)(F)F)nn2-c2ccc(S(=O)(=O)NC(=O)CN(C)[NH2+][O-])cc2)cc1. The number of amides is 1. The Morgan fingerprint density at radius 1 is 1.15 bits per heavy atom. The number of halogens is 3. The number of nitrogens with two attached hydrogens (primary N) is 1. The molecule has 3 rings (SSSR count). The normalized spacial score (nSPS) is 12.2. The maximum atomic E-state index is 13.3. The lowest BCUT2D eigenvalue weighted by Gasteiger charge is -2.15. The van der Waals surface area contributed by atoms with E-state index in [1.54, 1.807) is 24.3 Å². The molecule has 1 heterocycles. The quantitative estimate of drug-likeness (QED) is 0.389. The van der Waals surface area contributed by atoms with E-state index in [1.165, 1.54) is 19.2 Å². The second-order valence-electron chi connectivity index (χ2n) is 7.23. The molecule has 0 fully saturated rings. The fourth-order valence-electron chi connectivity index (χ4n) is 2.92. The van der Waals surface area contributed by atoms with E-state index in [4.69, 9.17) is 0 Å². The molecule has 1 amide bonds. The van der Waals surface area contributed by atoms with Gasteiger partial charge < -0.3 is 10.8 Å². The maximum Gasteiger partial charge on any atom is 0.435 e. The zero-order valence-corrected chi connectivity index (χ0v) is 18.3. The molecular formula is C20H20F3N5O4S. The van der Waals surface area contributed by atoms with Crippen molar-refractivity contribution < 1.29 is 32.0 Å². The largest absolute Gasteiger partial charge is 0.614 e. The number of hydrogen-bond donors (Lipinski definition) is 2. The zero-order chi connectivity index (χ0) is 24.4. The minimum atomic E-state index is -4.67. The van der Waals surface area contributed by atoms with Crippen LogP contribution >= 0.6 is 0 Å². The van der Waals surface area contributed by atoms with Crippen molar-refractivity contribution in [3.8, 4) is 16.9 Å². The van der Waals surface area contributed by atoms with E-state index in [1.807, 2.05) is 11.6 Å². The van der Waals surface area contributed by atoms with Crippen LogP contribution < -0.4 is 10.3 Å². The average Bonchev–Trinajstić information content (AvgIpc) is 3.20. The summed E-state index contributed by atoms with van der Waals surface area (Å²) in [6, 6.07) is 12.6. The van der Waals surface area contributed by atoms with Gasteiger partial charge in [-0.1, -0.05) is 29.8 Å². The van der Waals surface area contributed by atoms with E-state index in [-0.39, 0.29) is 16.3 Å². The average molecular weight is 483 g/mol. The minimum absolute atomic E-state index is 0.170. The number of benzene rings is 2. The van der Waals surface area contributed by atoms with Gasteiger partial charge >= 0.3 is 6.18 Å². The first-order chi connectivity index (χ1) is 15.4. The van der Waals surface area contributed by atoms with Crippen LogP contribution in [0.15, 0.2) is 59.5 Å².